The molecule has 2 aromatic rings. The molecule has 0 heterocycles. The average Bonchev–Trinajstić information content (AvgIpc) is 2.69. The Labute approximate surface area is 159 Å². The summed E-state index contributed by atoms with van der Waals surface area (Å²) in [6.07, 6.45) is 0. The molecule has 0 saturated carbocycles. The number of aromatic hydroxyl groups is 1. The zero-order valence-electron chi connectivity index (χ0n) is 15.4. The quantitative estimate of drug-likeness (QED) is 0.306. The molecule has 0 aromatic heterocycles. The van der Waals surface area contributed by atoms with Gasteiger partial charge in [0.15, 0.2) is 5.96 Å². The molecule has 0 fully saturated rings. The first-order valence-corrected chi connectivity index (χ1v) is 8.96. The summed E-state index contributed by atoms with van der Waals surface area (Å²) in [6, 6.07) is 15.8. The molecule has 7 nitrogen and oxygen atoms in total. The third kappa shape index (κ3) is 7.68. The Kier molecular flexibility index (Phi) is 8.49. The lowest BCUT2D eigenvalue weighted by atomic mass is 10.2. The molecule has 144 valence electrons. The Morgan fingerprint density at radius 2 is 1.74 bits per heavy atom. The minimum Gasteiger partial charge on any atom is -0.508 e. The number of carbonyl (C=O) groups excluding carboxylic acids is 1. The number of nitrogens with one attached hydrogen (secondary N) is 3. The number of phenols is 1. The van der Waals surface area contributed by atoms with Gasteiger partial charge in [0.25, 0.3) is 5.91 Å². The fourth-order valence-electron chi connectivity index (χ4n) is 2.25. The molecule has 2 rings (SSSR count). The fourth-order valence-corrected chi connectivity index (χ4v) is 2.25. The molecule has 0 aliphatic heterocycles. The summed E-state index contributed by atoms with van der Waals surface area (Å²) in [5.74, 6) is 1.44. The lowest BCUT2D eigenvalue weighted by Crippen LogP contribution is -2.40. The minimum atomic E-state index is -0.195. The molecular formula is C20H26N4O3. The number of amides is 1. The van der Waals surface area contributed by atoms with Crippen LogP contribution < -0.4 is 20.7 Å². The Balaban J connectivity index is 1.69. The van der Waals surface area contributed by atoms with E-state index in [0.29, 0.717) is 37.8 Å². The highest BCUT2D eigenvalue weighted by atomic mass is 16.5. The Hall–Kier alpha value is -3.22. The molecule has 0 saturated heterocycles. The number of guanidine groups is 1. The smallest absolute Gasteiger partial charge is 0.251 e. The van der Waals surface area contributed by atoms with Gasteiger partial charge in [-0.2, -0.15) is 0 Å². The van der Waals surface area contributed by atoms with Gasteiger partial charge in [0.2, 0.25) is 0 Å². The van der Waals surface area contributed by atoms with Gasteiger partial charge in [0.05, 0.1) is 13.1 Å². The van der Waals surface area contributed by atoms with Crippen LogP contribution in [0.1, 0.15) is 17.3 Å². The number of hydrogen-bond acceptors (Lipinski definition) is 4. The van der Waals surface area contributed by atoms with E-state index in [1.165, 1.54) is 12.1 Å². The molecule has 27 heavy (non-hydrogen) atoms. The maximum absolute atomic E-state index is 12.0. The van der Waals surface area contributed by atoms with E-state index >= 15 is 0 Å². The van der Waals surface area contributed by atoms with Gasteiger partial charge in [-0.25, -0.2) is 0 Å². The van der Waals surface area contributed by atoms with Gasteiger partial charge in [0, 0.05) is 18.7 Å². The van der Waals surface area contributed by atoms with E-state index in [2.05, 4.69) is 20.9 Å². The number of ether oxygens (including phenoxy) is 1. The van der Waals surface area contributed by atoms with Gasteiger partial charge in [-0.15, -0.1) is 0 Å². The van der Waals surface area contributed by atoms with Crippen molar-refractivity contribution in [1.29, 1.82) is 0 Å². The van der Waals surface area contributed by atoms with Crippen molar-refractivity contribution in [3.05, 3.63) is 60.2 Å². The summed E-state index contributed by atoms with van der Waals surface area (Å²) < 4.78 is 5.63. The van der Waals surface area contributed by atoms with Gasteiger partial charge < -0.3 is 25.8 Å². The van der Waals surface area contributed by atoms with E-state index in [-0.39, 0.29) is 11.7 Å². The predicted octanol–water partition coefficient (Wildman–Crippen LogP) is 1.76. The van der Waals surface area contributed by atoms with Crippen LogP contribution in [-0.4, -0.2) is 49.8 Å². The number of hydrogen-bond donors (Lipinski definition) is 4. The topological polar surface area (TPSA) is 95.0 Å². The molecule has 1 amide bonds. The van der Waals surface area contributed by atoms with E-state index in [1.54, 1.807) is 12.1 Å². The van der Waals surface area contributed by atoms with Crippen molar-refractivity contribution in [2.75, 3.05) is 32.8 Å². The number of nitrogens with zero attached hydrogens (tertiary/aromatic N) is 1. The SMILES string of the molecule is CCNC(=NCCNC(=O)c1ccc(O)cc1)NCCOc1ccccc1. The van der Waals surface area contributed by atoms with E-state index in [4.69, 9.17) is 4.74 Å². The first-order valence-electron chi connectivity index (χ1n) is 8.96. The lowest BCUT2D eigenvalue weighted by molar-refractivity contribution is 0.0955. The number of rotatable bonds is 9. The highest BCUT2D eigenvalue weighted by molar-refractivity contribution is 5.94. The first-order chi connectivity index (χ1) is 13.2. The third-order valence-electron chi connectivity index (χ3n) is 3.55. The molecular weight excluding hydrogens is 344 g/mol. The van der Waals surface area contributed by atoms with E-state index in [9.17, 15) is 9.90 Å². The van der Waals surface area contributed by atoms with Crippen LogP contribution in [0.2, 0.25) is 0 Å². The molecule has 0 bridgehead atoms. The summed E-state index contributed by atoms with van der Waals surface area (Å²) in [5, 5.41) is 18.4. The molecule has 0 unspecified atom stereocenters. The molecule has 0 aliphatic carbocycles. The molecule has 7 heteroatoms. The van der Waals surface area contributed by atoms with Crippen LogP contribution in [0.25, 0.3) is 0 Å². The van der Waals surface area contributed by atoms with Crippen molar-refractivity contribution in [1.82, 2.24) is 16.0 Å². The summed E-state index contributed by atoms with van der Waals surface area (Å²) >= 11 is 0. The van der Waals surface area contributed by atoms with Crippen LogP contribution in [-0.2, 0) is 0 Å². The Bertz CT molecular complexity index is 718. The number of phenolic OH excluding ortho intramolecular Hbond substituents is 1. The third-order valence-corrected chi connectivity index (χ3v) is 3.55. The zero-order valence-corrected chi connectivity index (χ0v) is 15.4. The largest absolute Gasteiger partial charge is 0.508 e. The standard InChI is InChI=1S/C20H26N4O3/c1-2-21-20(24-14-15-27-18-6-4-3-5-7-18)23-13-12-22-19(26)16-8-10-17(25)11-9-16/h3-11,25H,2,12-15H2,1H3,(H,22,26)(H2,21,23,24). The minimum absolute atomic E-state index is 0.133. The Morgan fingerprint density at radius 3 is 2.44 bits per heavy atom. The maximum Gasteiger partial charge on any atom is 0.251 e. The van der Waals surface area contributed by atoms with Crippen molar-refractivity contribution in [2.24, 2.45) is 4.99 Å². The maximum atomic E-state index is 12.0. The summed E-state index contributed by atoms with van der Waals surface area (Å²) in [7, 11) is 0. The highest BCUT2D eigenvalue weighted by Crippen LogP contribution is 2.09. The summed E-state index contributed by atoms with van der Waals surface area (Å²) in [4.78, 5) is 16.4. The fraction of sp³-hybridized carbons (Fsp3) is 0.300. The van der Waals surface area contributed by atoms with Gasteiger partial charge in [-0.3, -0.25) is 9.79 Å². The summed E-state index contributed by atoms with van der Waals surface area (Å²) in [6.45, 7) is 4.72. The molecule has 0 spiro atoms. The van der Waals surface area contributed by atoms with Crippen molar-refractivity contribution in [2.45, 2.75) is 6.92 Å². The average molecular weight is 370 g/mol. The first kappa shape index (κ1) is 20.1. The van der Waals surface area contributed by atoms with Crippen LogP contribution >= 0.6 is 0 Å². The van der Waals surface area contributed by atoms with Gasteiger partial charge >= 0.3 is 0 Å². The number of benzene rings is 2. The van der Waals surface area contributed by atoms with Crippen LogP contribution in [0.5, 0.6) is 11.5 Å². The van der Waals surface area contributed by atoms with Gasteiger partial charge in [-0.1, -0.05) is 18.2 Å². The summed E-state index contributed by atoms with van der Waals surface area (Å²) in [5.41, 5.74) is 0.500. The second-order valence-corrected chi connectivity index (χ2v) is 5.65. The zero-order chi connectivity index (χ0) is 19.3. The monoisotopic (exact) mass is 370 g/mol. The second kappa shape index (κ2) is 11.4. The molecule has 0 radical (unpaired) electrons. The van der Waals surface area contributed by atoms with Crippen molar-refractivity contribution < 1.29 is 14.6 Å². The molecule has 0 aliphatic rings. The van der Waals surface area contributed by atoms with Crippen molar-refractivity contribution in [3.8, 4) is 11.5 Å². The number of para-hydroxylation sites is 1. The van der Waals surface area contributed by atoms with Crippen LogP contribution in [0, 0.1) is 0 Å². The van der Waals surface area contributed by atoms with Crippen LogP contribution in [0.4, 0.5) is 0 Å². The second-order valence-electron chi connectivity index (χ2n) is 5.65. The molecule has 4 N–H and O–H groups in total. The molecule has 0 atom stereocenters. The molecule has 2 aromatic carbocycles. The van der Waals surface area contributed by atoms with Crippen molar-refractivity contribution in [3.63, 3.8) is 0 Å². The Morgan fingerprint density at radius 1 is 1.00 bits per heavy atom. The normalized spacial score (nSPS) is 10.9. The lowest BCUT2D eigenvalue weighted by Gasteiger charge is -2.12. The van der Waals surface area contributed by atoms with Gasteiger partial charge in [-0.05, 0) is 43.3 Å². The van der Waals surface area contributed by atoms with Crippen molar-refractivity contribution >= 4 is 11.9 Å². The number of carbonyl (C=O) groups is 1. The van der Waals surface area contributed by atoms with E-state index in [0.717, 1.165) is 12.3 Å². The van der Waals surface area contributed by atoms with Crippen LogP contribution in [0.3, 0.4) is 0 Å². The highest BCUT2D eigenvalue weighted by Gasteiger charge is 2.04. The van der Waals surface area contributed by atoms with Crippen LogP contribution in [0.15, 0.2) is 59.6 Å². The van der Waals surface area contributed by atoms with Gasteiger partial charge in [0.1, 0.15) is 18.1 Å². The van der Waals surface area contributed by atoms with E-state index in [1.807, 2.05) is 37.3 Å². The van der Waals surface area contributed by atoms with E-state index < -0.39 is 0 Å². The predicted molar refractivity (Wildman–Crippen MR) is 106 cm³/mol. The number of aliphatic imine (C=N–C) groups is 1.